The molecule has 1 aliphatic carbocycles. The second kappa shape index (κ2) is 10.6. The summed E-state index contributed by atoms with van der Waals surface area (Å²) in [5.41, 5.74) is 1.81. The first-order valence-electron chi connectivity index (χ1n) is 10.4. The molecule has 0 amide bonds. The Morgan fingerprint density at radius 1 is 1.32 bits per heavy atom. The van der Waals surface area contributed by atoms with Crippen LogP contribution in [-0.4, -0.2) is 33.7 Å². The van der Waals surface area contributed by atoms with Gasteiger partial charge >= 0.3 is 5.97 Å². The van der Waals surface area contributed by atoms with E-state index in [-0.39, 0.29) is 22.4 Å². The average Bonchev–Trinajstić information content (AvgIpc) is 2.66. The van der Waals surface area contributed by atoms with Gasteiger partial charge < -0.3 is 14.9 Å². The van der Waals surface area contributed by atoms with Crippen LogP contribution in [0.4, 0.5) is 5.69 Å². The molecule has 31 heavy (non-hydrogen) atoms. The monoisotopic (exact) mass is 430 g/mol. The van der Waals surface area contributed by atoms with Crippen LogP contribution in [0.3, 0.4) is 0 Å². The Morgan fingerprint density at radius 3 is 2.71 bits per heavy atom. The lowest BCUT2D eigenvalue weighted by Gasteiger charge is -2.31. The summed E-state index contributed by atoms with van der Waals surface area (Å²) in [5, 5.41) is 40.0. The molecule has 2 atom stereocenters. The van der Waals surface area contributed by atoms with E-state index in [4.69, 9.17) is 15.2 Å². The third-order valence-corrected chi connectivity index (χ3v) is 5.40. The van der Waals surface area contributed by atoms with Crippen LogP contribution in [-0.2, 0) is 9.53 Å². The highest BCUT2D eigenvalue weighted by molar-refractivity contribution is 5.87. The number of esters is 1. The van der Waals surface area contributed by atoms with Gasteiger partial charge in [-0.05, 0) is 61.3 Å². The lowest BCUT2D eigenvalue weighted by atomic mass is 9.79. The molecule has 7 nitrogen and oxygen atoms in total. The van der Waals surface area contributed by atoms with Crippen LogP contribution in [0.15, 0.2) is 48.1 Å². The summed E-state index contributed by atoms with van der Waals surface area (Å²) < 4.78 is 5.71. The summed E-state index contributed by atoms with van der Waals surface area (Å²) >= 11 is 0. The lowest BCUT2D eigenvalue weighted by molar-refractivity contribution is -0.268. The van der Waals surface area contributed by atoms with Crippen molar-refractivity contribution in [2.24, 2.45) is 5.41 Å². The highest BCUT2D eigenvalue weighted by atomic mass is 16.8. The molecule has 1 aromatic rings. The summed E-state index contributed by atoms with van der Waals surface area (Å²) in [6.45, 7) is 10.1. The summed E-state index contributed by atoms with van der Waals surface area (Å²) in [6.07, 6.45) is 7.08. The molecule has 0 aliphatic heterocycles. The van der Waals surface area contributed by atoms with E-state index in [1.807, 2.05) is 20.8 Å². The highest BCUT2D eigenvalue weighted by Gasteiger charge is 2.29. The maximum atomic E-state index is 12.5. The minimum Gasteiger partial charge on any atom is -0.871 e. The van der Waals surface area contributed by atoms with Crippen LogP contribution in [0.2, 0.25) is 0 Å². The Hall–Kier alpha value is -2.61. The summed E-state index contributed by atoms with van der Waals surface area (Å²) in [6, 6.07) is 3.90. The van der Waals surface area contributed by atoms with Crippen LogP contribution in [0.1, 0.15) is 58.4 Å². The molecule has 7 heteroatoms. The standard InChI is InChI=1S/C24H33NO6/c1-16-6-5-7-17(2)22(27)15-24(3,4)14-19(12-16)31-23(28)11-9-18-8-10-21(26)20(13-18)25(29)30/h6,8-11,13,19,22,26-27,29-30H,2,5,7,12,14-15H2,1,3-4H3/p-1/t19-,22-/m0/s1. The Morgan fingerprint density at radius 2 is 2.03 bits per heavy atom. The fourth-order valence-electron chi connectivity index (χ4n) is 3.80. The van der Waals surface area contributed by atoms with Crippen LogP contribution < -0.4 is 10.3 Å². The van der Waals surface area contributed by atoms with E-state index in [9.17, 15) is 15.0 Å². The van der Waals surface area contributed by atoms with Gasteiger partial charge in [-0.15, -0.1) is 5.23 Å². The van der Waals surface area contributed by atoms with Crippen LogP contribution in [0.5, 0.6) is 5.75 Å². The van der Waals surface area contributed by atoms with Crippen molar-refractivity contribution in [2.45, 2.75) is 65.1 Å². The van der Waals surface area contributed by atoms with E-state index in [0.717, 1.165) is 24.0 Å². The van der Waals surface area contributed by atoms with Crippen LogP contribution in [0, 0.1) is 5.41 Å². The molecule has 0 radical (unpaired) electrons. The number of nitrogens with zero attached hydrogens (tertiary/aromatic N) is 1. The lowest BCUT2D eigenvalue weighted by Crippen LogP contribution is -2.29. The molecule has 2 rings (SSSR count). The van der Waals surface area contributed by atoms with Crippen LogP contribution >= 0.6 is 0 Å². The van der Waals surface area contributed by atoms with E-state index in [1.165, 1.54) is 30.4 Å². The number of aliphatic hydroxyl groups is 1. The predicted molar refractivity (Wildman–Crippen MR) is 117 cm³/mol. The van der Waals surface area contributed by atoms with Gasteiger partial charge in [-0.3, -0.25) is 10.4 Å². The van der Waals surface area contributed by atoms with Gasteiger partial charge in [-0.25, -0.2) is 4.79 Å². The number of allylic oxidation sites excluding steroid dienone is 1. The number of aliphatic hydroxyl groups excluding tert-OH is 1. The van der Waals surface area contributed by atoms with Crippen molar-refractivity contribution < 1.29 is 30.2 Å². The van der Waals surface area contributed by atoms with Gasteiger partial charge in [-0.2, -0.15) is 0 Å². The Balaban J connectivity index is 2.13. The number of carbonyl (C=O) groups excluding carboxylic acids is 1. The van der Waals surface area contributed by atoms with Gasteiger partial charge in [0.2, 0.25) is 0 Å². The molecule has 0 heterocycles. The molecule has 1 aromatic carbocycles. The zero-order valence-electron chi connectivity index (χ0n) is 18.4. The Bertz CT molecular complexity index is 856. The maximum Gasteiger partial charge on any atom is 0.331 e. The second-order valence-corrected chi connectivity index (χ2v) is 8.95. The molecule has 0 bridgehead atoms. The van der Waals surface area contributed by atoms with Crippen molar-refractivity contribution in [2.75, 3.05) is 5.23 Å². The van der Waals surface area contributed by atoms with Gasteiger partial charge in [0, 0.05) is 12.5 Å². The number of carbonyl (C=O) groups is 1. The van der Waals surface area contributed by atoms with E-state index in [2.05, 4.69) is 12.7 Å². The Kier molecular flexibility index (Phi) is 8.44. The maximum absolute atomic E-state index is 12.5. The van der Waals surface area contributed by atoms with Crippen molar-refractivity contribution in [1.29, 1.82) is 0 Å². The summed E-state index contributed by atoms with van der Waals surface area (Å²) in [4.78, 5) is 12.5. The fraction of sp³-hybridized carbons (Fsp3) is 0.458. The van der Waals surface area contributed by atoms with Gasteiger partial charge in [0.25, 0.3) is 0 Å². The minimum atomic E-state index is -0.589. The van der Waals surface area contributed by atoms with Gasteiger partial charge in [0.05, 0.1) is 11.8 Å². The number of benzene rings is 1. The van der Waals surface area contributed by atoms with Gasteiger partial charge in [-0.1, -0.05) is 50.0 Å². The second-order valence-electron chi connectivity index (χ2n) is 8.95. The van der Waals surface area contributed by atoms with E-state index >= 15 is 0 Å². The third kappa shape index (κ3) is 7.86. The first-order chi connectivity index (χ1) is 14.5. The molecule has 170 valence electrons. The number of hydrogen-bond donors (Lipinski definition) is 3. The van der Waals surface area contributed by atoms with Crippen molar-refractivity contribution in [3.63, 3.8) is 0 Å². The largest absolute Gasteiger partial charge is 0.871 e. The van der Waals surface area contributed by atoms with Crippen molar-refractivity contribution >= 4 is 17.7 Å². The molecule has 0 saturated carbocycles. The number of anilines is 1. The van der Waals surface area contributed by atoms with E-state index in [0.29, 0.717) is 24.8 Å². The normalized spacial score (nSPS) is 22.5. The predicted octanol–water partition coefficient (Wildman–Crippen LogP) is 4.12. The average molecular weight is 431 g/mol. The third-order valence-electron chi connectivity index (χ3n) is 5.40. The minimum absolute atomic E-state index is 0.249. The molecular formula is C24H32NO6-. The summed E-state index contributed by atoms with van der Waals surface area (Å²) in [7, 11) is 0. The van der Waals surface area contributed by atoms with Crippen molar-refractivity contribution in [1.82, 2.24) is 0 Å². The highest BCUT2D eigenvalue weighted by Crippen LogP contribution is 2.34. The van der Waals surface area contributed by atoms with E-state index in [1.54, 1.807) is 0 Å². The molecule has 3 N–H and O–H groups in total. The van der Waals surface area contributed by atoms with E-state index < -0.39 is 17.8 Å². The van der Waals surface area contributed by atoms with Crippen molar-refractivity contribution in [3.8, 4) is 5.75 Å². The molecule has 0 fully saturated rings. The zero-order valence-corrected chi connectivity index (χ0v) is 18.4. The van der Waals surface area contributed by atoms with Gasteiger partial charge in [0.1, 0.15) is 6.10 Å². The SMILES string of the molecule is C=C1CCC=C(C)C[C@H](OC(=O)C=Cc2ccc([O-])c(N(O)O)c2)CC(C)(C)C[C@@H]1O. The zero-order chi connectivity index (χ0) is 23.2. The molecule has 1 aliphatic rings. The van der Waals surface area contributed by atoms with Crippen LogP contribution in [0.25, 0.3) is 6.08 Å². The molecule has 0 spiro atoms. The summed E-state index contributed by atoms with van der Waals surface area (Å²) in [5.74, 6) is -1.09. The van der Waals surface area contributed by atoms with Gasteiger partial charge in [0.15, 0.2) is 0 Å². The molecule has 0 saturated heterocycles. The molecular weight excluding hydrogens is 398 g/mol. The number of ether oxygens (including phenoxy) is 1. The molecule has 0 unspecified atom stereocenters. The number of hydrogen-bond acceptors (Lipinski definition) is 7. The van der Waals surface area contributed by atoms with Crippen molar-refractivity contribution in [3.05, 3.63) is 53.6 Å². The topological polar surface area (TPSA) is 113 Å². The number of rotatable bonds is 4. The molecule has 0 aromatic heterocycles. The fourth-order valence-corrected chi connectivity index (χ4v) is 3.80. The smallest absolute Gasteiger partial charge is 0.331 e. The quantitative estimate of drug-likeness (QED) is 0.285. The first kappa shape index (κ1) is 24.7. The first-order valence-corrected chi connectivity index (χ1v) is 10.4. The Labute approximate surface area is 183 Å².